The van der Waals surface area contributed by atoms with Gasteiger partial charge in [0.25, 0.3) is 0 Å². The highest BCUT2D eigenvalue weighted by Gasteiger charge is 2.43. The molecule has 3 rings (SSSR count). The predicted octanol–water partition coefficient (Wildman–Crippen LogP) is -0.958. The first-order valence-corrected chi connectivity index (χ1v) is 6.67. The summed E-state index contributed by atoms with van der Waals surface area (Å²) in [5, 5.41) is 28.8. The van der Waals surface area contributed by atoms with Crippen LogP contribution in [-0.4, -0.2) is 59.8 Å². The fourth-order valence-electron chi connectivity index (χ4n) is 2.12. The van der Waals surface area contributed by atoms with Crippen molar-refractivity contribution in [3.05, 3.63) is 16.4 Å². The van der Waals surface area contributed by atoms with Gasteiger partial charge in [0.2, 0.25) is 0 Å². The average Bonchev–Trinajstić information content (AvgIpc) is 2.94. The minimum Gasteiger partial charge on any atom is -0.394 e. The van der Waals surface area contributed by atoms with Gasteiger partial charge >= 0.3 is 0 Å². The first kappa shape index (κ1) is 13.1. The Labute approximate surface area is 121 Å². The third kappa shape index (κ3) is 2.01. The van der Waals surface area contributed by atoms with Crippen molar-refractivity contribution >= 4 is 33.8 Å². The first-order valence-electron chi connectivity index (χ1n) is 5.59. The van der Waals surface area contributed by atoms with Crippen LogP contribution in [-0.2, 0) is 4.74 Å². The van der Waals surface area contributed by atoms with Crippen LogP contribution in [0.25, 0.3) is 11.2 Å². The third-order valence-corrected chi connectivity index (χ3v) is 3.89. The largest absolute Gasteiger partial charge is 0.394 e. The number of hydrogen-bond donors (Lipinski definition) is 3. The van der Waals surface area contributed by atoms with Gasteiger partial charge in [0.05, 0.1) is 12.9 Å². The number of aromatic nitrogens is 4. The fraction of sp³-hybridized carbons (Fsp3) is 0.500. The summed E-state index contributed by atoms with van der Waals surface area (Å²) in [6.45, 7) is -0.367. The van der Waals surface area contributed by atoms with Crippen LogP contribution in [0.4, 0.5) is 0 Å². The van der Waals surface area contributed by atoms with Crippen LogP contribution >= 0.6 is 22.6 Å². The van der Waals surface area contributed by atoms with Crippen molar-refractivity contribution in [2.45, 2.75) is 24.5 Å². The highest BCUT2D eigenvalue weighted by atomic mass is 127. The van der Waals surface area contributed by atoms with E-state index in [2.05, 4.69) is 15.0 Å². The summed E-state index contributed by atoms with van der Waals surface area (Å²) in [6, 6.07) is 0. The number of aliphatic hydroxyl groups is 3. The molecule has 9 heteroatoms. The molecule has 102 valence electrons. The molecule has 1 aliphatic heterocycles. The Morgan fingerprint density at radius 2 is 2.05 bits per heavy atom. The van der Waals surface area contributed by atoms with E-state index in [0.717, 1.165) is 0 Å². The van der Waals surface area contributed by atoms with E-state index in [1.807, 2.05) is 22.6 Å². The van der Waals surface area contributed by atoms with Gasteiger partial charge in [0.1, 0.15) is 33.9 Å². The second kappa shape index (κ2) is 4.90. The molecule has 0 spiro atoms. The molecule has 19 heavy (non-hydrogen) atoms. The number of halogens is 1. The van der Waals surface area contributed by atoms with E-state index in [4.69, 9.17) is 9.84 Å². The highest BCUT2D eigenvalue weighted by molar-refractivity contribution is 14.1. The van der Waals surface area contributed by atoms with Gasteiger partial charge in [-0.3, -0.25) is 4.57 Å². The first-order chi connectivity index (χ1) is 9.13. The zero-order valence-corrected chi connectivity index (χ0v) is 11.7. The topological polar surface area (TPSA) is 114 Å². The van der Waals surface area contributed by atoms with Crippen molar-refractivity contribution in [1.82, 2.24) is 19.5 Å². The normalized spacial score (nSPS) is 31.2. The van der Waals surface area contributed by atoms with Gasteiger partial charge in [0.15, 0.2) is 11.9 Å². The summed E-state index contributed by atoms with van der Waals surface area (Å²) in [7, 11) is 0. The summed E-state index contributed by atoms with van der Waals surface area (Å²) in [5.41, 5.74) is 1.11. The zero-order valence-electron chi connectivity index (χ0n) is 9.59. The zero-order chi connectivity index (χ0) is 13.6. The van der Waals surface area contributed by atoms with Crippen molar-refractivity contribution in [2.24, 2.45) is 0 Å². The summed E-state index contributed by atoms with van der Waals surface area (Å²) in [4.78, 5) is 12.3. The maximum Gasteiger partial charge on any atom is 0.166 e. The average molecular weight is 378 g/mol. The van der Waals surface area contributed by atoms with Gasteiger partial charge in [-0.1, -0.05) is 0 Å². The lowest BCUT2D eigenvalue weighted by Gasteiger charge is -2.16. The van der Waals surface area contributed by atoms with Gasteiger partial charge in [-0.2, -0.15) is 0 Å². The Balaban J connectivity index is 2.04. The lowest BCUT2D eigenvalue weighted by Crippen LogP contribution is -2.33. The molecule has 3 N–H and O–H groups in total. The second-order valence-electron chi connectivity index (χ2n) is 4.22. The quantitative estimate of drug-likeness (QED) is 0.456. The SMILES string of the molecule is OC[C@@H]1O[C@H](n2cnc3c(I)ncnc32)[C@@H](O)[C@H]1O. The van der Waals surface area contributed by atoms with Crippen molar-refractivity contribution < 1.29 is 20.1 Å². The van der Waals surface area contributed by atoms with Crippen LogP contribution in [0.5, 0.6) is 0 Å². The number of ether oxygens (including phenoxy) is 1. The number of fused-ring (bicyclic) bond motifs is 1. The molecule has 8 nitrogen and oxygen atoms in total. The number of hydrogen-bond acceptors (Lipinski definition) is 7. The molecule has 3 heterocycles. The molecular formula is C10H11IN4O4. The summed E-state index contributed by atoms with van der Waals surface area (Å²) >= 11 is 2.04. The number of nitrogens with zero attached hydrogens (tertiary/aromatic N) is 4. The fourth-order valence-corrected chi connectivity index (χ4v) is 2.62. The Hall–Kier alpha value is -0.880. The number of aliphatic hydroxyl groups excluding tert-OH is 3. The van der Waals surface area contributed by atoms with Crippen molar-refractivity contribution in [3.63, 3.8) is 0 Å². The molecule has 1 fully saturated rings. The van der Waals surface area contributed by atoms with E-state index in [0.29, 0.717) is 14.9 Å². The molecule has 0 aromatic carbocycles. The monoisotopic (exact) mass is 378 g/mol. The molecule has 0 radical (unpaired) electrons. The van der Waals surface area contributed by atoms with Crippen molar-refractivity contribution in [2.75, 3.05) is 6.61 Å². The van der Waals surface area contributed by atoms with E-state index < -0.39 is 24.5 Å². The second-order valence-corrected chi connectivity index (χ2v) is 5.24. The van der Waals surface area contributed by atoms with Crippen LogP contribution in [0.15, 0.2) is 12.7 Å². The molecule has 4 atom stereocenters. The summed E-state index contributed by atoms with van der Waals surface area (Å²) in [5.74, 6) is 0. The Morgan fingerprint density at radius 1 is 1.26 bits per heavy atom. The molecule has 2 aromatic heterocycles. The van der Waals surface area contributed by atoms with Crippen molar-refractivity contribution in [1.29, 1.82) is 0 Å². The molecule has 1 saturated heterocycles. The van der Waals surface area contributed by atoms with E-state index in [1.54, 1.807) is 0 Å². The van der Waals surface area contributed by atoms with Crippen molar-refractivity contribution in [3.8, 4) is 0 Å². The van der Waals surface area contributed by atoms with Gasteiger partial charge in [-0.05, 0) is 22.6 Å². The van der Waals surface area contributed by atoms with Gasteiger partial charge in [-0.15, -0.1) is 0 Å². The van der Waals surface area contributed by atoms with Crippen LogP contribution in [0, 0.1) is 3.70 Å². The van der Waals surface area contributed by atoms with Crippen LogP contribution in [0.2, 0.25) is 0 Å². The maximum absolute atomic E-state index is 9.98. The summed E-state index contributed by atoms with van der Waals surface area (Å²) < 4.78 is 7.66. The maximum atomic E-state index is 9.98. The van der Waals surface area contributed by atoms with E-state index in [-0.39, 0.29) is 6.61 Å². The highest BCUT2D eigenvalue weighted by Crippen LogP contribution is 2.31. The van der Waals surface area contributed by atoms with Crippen LogP contribution < -0.4 is 0 Å². The Bertz CT molecular complexity index is 606. The van der Waals surface area contributed by atoms with Gasteiger partial charge in [-0.25, -0.2) is 15.0 Å². The smallest absolute Gasteiger partial charge is 0.166 e. The Morgan fingerprint density at radius 3 is 2.74 bits per heavy atom. The van der Waals surface area contributed by atoms with E-state index >= 15 is 0 Å². The molecule has 0 bridgehead atoms. The van der Waals surface area contributed by atoms with Gasteiger partial charge < -0.3 is 20.1 Å². The minimum absolute atomic E-state index is 0.367. The molecule has 1 aliphatic rings. The predicted molar refractivity (Wildman–Crippen MR) is 71.0 cm³/mol. The molecule has 0 saturated carbocycles. The standard InChI is InChI=1S/C10H11IN4O4/c11-8-5-9(13-2-12-8)15(3-14-5)10-7(18)6(17)4(1-16)19-10/h2-4,6-7,10,16-18H,1H2/t4-,6-,7-,10-/m0/s1. The number of imidazole rings is 1. The molecule has 0 amide bonds. The third-order valence-electron chi connectivity index (χ3n) is 3.11. The molecule has 0 unspecified atom stereocenters. The number of rotatable bonds is 2. The van der Waals surface area contributed by atoms with Crippen LogP contribution in [0.3, 0.4) is 0 Å². The lowest BCUT2D eigenvalue weighted by molar-refractivity contribution is -0.0511. The van der Waals surface area contributed by atoms with Crippen LogP contribution in [0.1, 0.15) is 6.23 Å². The summed E-state index contributed by atoms with van der Waals surface area (Å²) in [6.07, 6.45) is -1.08. The molecule has 0 aliphatic carbocycles. The molecule has 2 aromatic rings. The Kier molecular flexibility index (Phi) is 3.39. The van der Waals surface area contributed by atoms with Gasteiger partial charge in [0, 0.05) is 0 Å². The lowest BCUT2D eigenvalue weighted by atomic mass is 10.1. The minimum atomic E-state index is -1.15. The van der Waals surface area contributed by atoms with E-state index in [1.165, 1.54) is 17.2 Å². The van der Waals surface area contributed by atoms with E-state index in [9.17, 15) is 10.2 Å². The molecular weight excluding hydrogens is 367 g/mol.